The molecule has 0 saturated carbocycles. The highest BCUT2D eigenvalue weighted by Gasteiger charge is 2.29. The largest absolute Gasteiger partial charge is 0.496 e. The van der Waals surface area contributed by atoms with Crippen molar-refractivity contribution < 1.29 is 4.74 Å². The summed E-state index contributed by atoms with van der Waals surface area (Å²) in [5.41, 5.74) is 10.4. The number of ether oxygens (including phenoxy) is 1. The van der Waals surface area contributed by atoms with E-state index in [1.54, 1.807) is 7.11 Å². The number of fused-ring (bicyclic) bond motifs is 1. The molecule has 2 nitrogen and oxygen atoms in total. The molecule has 1 aromatic heterocycles. The third-order valence-corrected chi connectivity index (χ3v) is 5.27. The van der Waals surface area contributed by atoms with Crippen LogP contribution in [0.15, 0.2) is 29.6 Å². The third kappa shape index (κ3) is 2.36. The van der Waals surface area contributed by atoms with Crippen molar-refractivity contribution in [3.05, 3.63) is 51.2 Å². The van der Waals surface area contributed by atoms with Crippen LogP contribution in [-0.2, 0) is 6.42 Å². The Kier molecular flexibility index (Phi) is 3.81. The monoisotopic (exact) mass is 287 g/mol. The number of rotatable bonds is 3. The zero-order valence-electron chi connectivity index (χ0n) is 12.1. The predicted molar refractivity (Wildman–Crippen MR) is 84.7 cm³/mol. The molecule has 2 atom stereocenters. The topological polar surface area (TPSA) is 35.2 Å². The van der Waals surface area contributed by atoms with Crippen molar-refractivity contribution in [2.24, 2.45) is 5.73 Å². The summed E-state index contributed by atoms with van der Waals surface area (Å²) in [6.07, 6.45) is 3.61. The SMILES string of the molecule is COc1ccc(C)cc1C(N)C1CCCc2sccc21. The number of benzene rings is 1. The highest BCUT2D eigenvalue weighted by atomic mass is 32.1. The Morgan fingerprint density at radius 1 is 1.35 bits per heavy atom. The number of methoxy groups -OCH3 is 1. The molecule has 3 rings (SSSR count). The van der Waals surface area contributed by atoms with Crippen molar-refractivity contribution >= 4 is 11.3 Å². The van der Waals surface area contributed by atoms with Gasteiger partial charge in [-0.15, -0.1) is 11.3 Å². The average Bonchev–Trinajstić information content (AvgIpc) is 2.94. The summed E-state index contributed by atoms with van der Waals surface area (Å²) < 4.78 is 5.50. The molecule has 0 saturated heterocycles. The standard InChI is InChI=1S/C17H21NOS/c1-11-6-7-15(19-2)14(10-11)17(18)13-4-3-5-16-12(13)8-9-20-16/h6-10,13,17H,3-5,18H2,1-2H3. The molecule has 1 aromatic carbocycles. The molecule has 3 heteroatoms. The van der Waals surface area contributed by atoms with Gasteiger partial charge < -0.3 is 10.5 Å². The Hall–Kier alpha value is -1.32. The van der Waals surface area contributed by atoms with Crippen LogP contribution in [0.4, 0.5) is 0 Å². The fourth-order valence-corrected chi connectivity index (χ4v) is 4.22. The molecule has 2 N–H and O–H groups in total. The van der Waals surface area contributed by atoms with Crippen LogP contribution in [0.1, 0.15) is 46.4 Å². The molecular formula is C17H21NOS. The van der Waals surface area contributed by atoms with E-state index in [4.69, 9.17) is 10.5 Å². The van der Waals surface area contributed by atoms with Gasteiger partial charge in [-0.1, -0.05) is 17.7 Å². The maximum atomic E-state index is 6.61. The number of hydrogen-bond acceptors (Lipinski definition) is 3. The van der Waals surface area contributed by atoms with Crippen molar-refractivity contribution in [3.63, 3.8) is 0 Å². The number of thiophene rings is 1. The molecule has 1 heterocycles. The van der Waals surface area contributed by atoms with E-state index in [0.29, 0.717) is 5.92 Å². The van der Waals surface area contributed by atoms with Crippen LogP contribution >= 0.6 is 11.3 Å². The van der Waals surface area contributed by atoms with E-state index in [9.17, 15) is 0 Å². The summed E-state index contributed by atoms with van der Waals surface area (Å²) in [5.74, 6) is 1.33. The molecule has 0 radical (unpaired) electrons. The highest BCUT2D eigenvalue weighted by molar-refractivity contribution is 7.10. The second-order valence-corrected chi connectivity index (χ2v) is 6.57. The van der Waals surface area contributed by atoms with Gasteiger partial charge in [0.2, 0.25) is 0 Å². The van der Waals surface area contributed by atoms with E-state index < -0.39 is 0 Å². The van der Waals surface area contributed by atoms with Gasteiger partial charge in [0, 0.05) is 22.4 Å². The lowest BCUT2D eigenvalue weighted by Gasteiger charge is -2.29. The van der Waals surface area contributed by atoms with Gasteiger partial charge in [0.15, 0.2) is 0 Å². The van der Waals surface area contributed by atoms with E-state index in [0.717, 1.165) is 11.3 Å². The fraction of sp³-hybridized carbons (Fsp3) is 0.412. The molecule has 2 aromatic rings. The molecule has 0 spiro atoms. The maximum absolute atomic E-state index is 6.61. The molecule has 20 heavy (non-hydrogen) atoms. The van der Waals surface area contributed by atoms with Crippen LogP contribution in [0.5, 0.6) is 5.75 Å². The van der Waals surface area contributed by atoms with Crippen LogP contribution in [-0.4, -0.2) is 7.11 Å². The lowest BCUT2D eigenvalue weighted by Crippen LogP contribution is -2.23. The highest BCUT2D eigenvalue weighted by Crippen LogP contribution is 2.43. The quantitative estimate of drug-likeness (QED) is 0.919. The van der Waals surface area contributed by atoms with Gasteiger partial charge in [-0.2, -0.15) is 0 Å². The van der Waals surface area contributed by atoms with Gasteiger partial charge in [0.25, 0.3) is 0 Å². The molecule has 106 valence electrons. The fourth-order valence-electron chi connectivity index (χ4n) is 3.23. The molecule has 1 aliphatic carbocycles. The zero-order valence-corrected chi connectivity index (χ0v) is 12.9. The van der Waals surface area contributed by atoms with E-state index in [-0.39, 0.29) is 6.04 Å². The first-order valence-corrected chi connectivity index (χ1v) is 8.05. The van der Waals surface area contributed by atoms with Gasteiger partial charge in [0.1, 0.15) is 5.75 Å². The van der Waals surface area contributed by atoms with E-state index in [2.05, 4.69) is 30.5 Å². The van der Waals surface area contributed by atoms with Gasteiger partial charge in [-0.3, -0.25) is 0 Å². The molecule has 1 aliphatic rings. The first kappa shape index (κ1) is 13.7. The van der Waals surface area contributed by atoms with Crippen molar-refractivity contribution in [2.45, 2.75) is 38.1 Å². The Morgan fingerprint density at radius 3 is 3.00 bits per heavy atom. The van der Waals surface area contributed by atoms with Gasteiger partial charge in [-0.05, 0) is 49.3 Å². The van der Waals surface area contributed by atoms with E-state index in [1.165, 1.54) is 35.3 Å². The van der Waals surface area contributed by atoms with Crippen molar-refractivity contribution in [1.29, 1.82) is 0 Å². The zero-order chi connectivity index (χ0) is 14.1. The molecule has 0 bridgehead atoms. The Morgan fingerprint density at radius 2 is 2.20 bits per heavy atom. The third-order valence-electron chi connectivity index (χ3n) is 4.28. The van der Waals surface area contributed by atoms with Crippen LogP contribution in [0, 0.1) is 6.92 Å². The number of hydrogen-bond donors (Lipinski definition) is 1. The molecule has 0 fully saturated rings. The first-order chi connectivity index (χ1) is 9.70. The Balaban J connectivity index is 1.98. The lowest BCUT2D eigenvalue weighted by atomic mass is 9.80. The number of aryl methyl sites for hydroxylation is 2. The minimum Gasteiger partial charge on any atom is -0.496 e. The maximum Gasteiger partial charge on any atom is 0.123 e. The first-order valence-electron chi connectivity index (χ1n) is 7.17. The van der Waals surface area contributed by atoms with Crippen LogP contribution in [0.3, 0.4) is 0 Å². The summed E-state index contributed by atoms with van der Waals surface area (Å²) in [4.78, 5) is 1.52. The van der Waals surface area contributed by atoms with Crippen molar-refractivity contribution in [1.82, 2.24) is 0 Å². The normalized spacial score (nSPS) is 19.4. The number of nitrogens with two attached hydrogens (primary N) is 1. The van der Waals surface area contributed by atoms with Crippen LogP contribution in [0.2, 0.25) is 0 Å². The average molecular weight is 287 g/mol. The van der Waals surface area contributed by atoms with Gasteiger partial charge in [0.05, 0.1) is 7.11 Å². The summed E-state index contributed by atoms with van der Waals surface area (Å²) in [7, 11) is 1.72. The smallest absolute Gasteiger partial charge is 0.123 e. The molecule has 2 unspecified atom stereocenters. The minimum atomic E-state index is 0.0125. The van der Waals surface area contributed by atoms with E-state index in [1.807, 2.05) is 17.4 Å². The molecule has 0 amide bonds. The summed E-state index contributed by atoms with van der Waals surface area (Å²) in [6.45, 7) is 2.10. The minimum absolute atomic E-state index is 0.0125. The predicted octanol–water partition coefficient (Wildman–Crippen LogP) is 4.19. The summed E-state index contributed by atoms with van der Waals surface area (Å²) in [6, 6.07) is 8.54. The molecular weight excluding hydrogens is 266 g/mol. The Labute approximate surface area is 124 Å². The second-order valence-electron chi connectivity index (χ2n) is 5.57. The molecule has 0 aliphatic heterocycles. The summed E-state index contributed by atoms with van der Waals surface area (Å²) in [5, 5.41) is 2.20. The lowest BCUT2D eigenvalue weighted by molar-refractivity contribution is 0.395. The van der Waals surface area contributed by atoms with Crippen molar-refractivity contribution in [2.75, 3.05) is 7.11 Å². The van der Waals surface area contributed by atoms with Gasteiger partial charge in [-0.25, -0.2) is 0 Å². The Bertz CT molecular complexity index is 605. The second kappa shape index (κ2) is 5.58. The van der Waals surface area contributed by atoms with E-state index >= 15 is 0 Å². The summed E-state index contributed by atoms with van der Waals surface area (Å²) >= 11 is 1.87. The van der Waals surface area contributed by atoms with Gasteiger partial charge >= 0.3 is 0 Å². The van der Waals surface area contributed by atoms with Crippen LogP contribution in [0.25, 0.3) is 0 Å². The van der Waals surface area contributed by atoms with Crippen molar-refractivity contribution in [3.8, 4) is 5.75 Å². The van der Waals surface area contributed by atoms with Crippen LogP contribution < -0.4 is 10.5 Å².